The lowest BCUT2D eigenvalue weighted by molar-refractivity contribution is 0.0176. The molecule has 4 bridgehead atoms. The maximum Gasteiger partial charge on any atom is 0.319 e. The fraction of sp³-hybridized carbons (Fsp3) is 0.444. The highest BCUT2D eigenvalue weighted by molar-refractivity contribution is 6.04. The zero-order chi connectivity index (χ0) is 30.3. The molecule has 2 unspecified atom stereocenters. The third kappa shape index (κ3) is 4.70. The van der Waals surface area contributed by atoms with Crippen LogP contribution >= 0.6 is 0 Å². The number of aromatic nitrogens is 2. The fourth-order valence-corrected chi connectivity index (χ4v) is 8.20. The summed E-state index contributed by atoms with van der Waals surface area (Å²) in [6.07, 6.45) is 11.8. The molecule has 0 radical (unpaired) electrons. The van der Waals surface area contributed by atoms with Crippen molar-refractivity contribution in [3.8, 4) is 35.2 Å². The van der Waals surface area contributed by atoms with E-state index < -0.39 is 5.82 Å². The van der Waals surface area contributed by atoms with Gasteiger partial charge in [-0.2, -0.15) is 9.97 Å². The van der Waals surface area contributed by atoms with Crippen molar-refractivity contribution in [1.29, 1.82) is 0 Å². The Morgan fingerprint density at radius 3 is 2.67 bits per heavy atom. The van der Waals surface area contributed by atoms with Gasteiger partial charge in [-0.3, -0.25) is 4.90 Å². The number of terminal acetylenes is 1. The lowest BCUT2D eigenvalue weighted by atomic mass is 9.93. The van der Waals surface area contributed by atoms with E-state index in [4.69, 9.17) is 25.9 Å². The van der Waals surface area contributed by atoms with E-state index in [0.717, 1.165) is 75.7 Å². The molecular formula is C36H36FN5O3. The number of phenolic OH excluding ortho intramolecular Hbond substituents is 1. The van der Waals surface area contributed by atoms with E-state index in [1.165, 1.54) is 0 Å². The lowest BCUT2D eigenvalue weighted by Gasteiger charge is -2.34. The number of nitrogens with zero attached hydrogens (tertiary/aromatic N) is 4. The highest BCUT2D eigenvalue weighted by Crippen LogP contribution is 2.48. The molecule has 4 saturated heterocycles. The number of halogens is 1. The Balaban J connectivity index is 1.12. The molecule has 1 aliphatic carbocycles. The minimum absolute atomic E-state index is 0.0439. The summed E-state index contributed by atoms with van der Waals surface area (Å²) >= 11 is 0. The van der Waals surface area contributed by atoms with Crippen LogP contribution in [-0.4, -0.2) is 83.6 Å². The molecule has 4 aliphatic heterocycles. The van der Waals surface area contributed by atoms with Gasteiger partial charge in [-0.15, -0.1) is 6.42 Å². The van der Waals surface area contributed by atoms with Crippen LogP contribution in [0, 0.1) is 23.6 Å². The van der Waals surface area contributed by atoms with Crippen molar-refractivity contribution in [1.82, 2.24) is 20.2 Å². The number of hydrogen-bond acceptors (Lipinski definition) is 8. The molecule has 5 aliphatic rings. The molecule has 4 aromatic rings. The molecule has 45 heavy (non-hydrogen) atoms. The predicted molar refractivity (Wildman–Crippen MR) is 171 cm³/mol. The van der Waals surface area contributed by atoms with E-state index in [0.29, 0.717) is 58.7 Å². The van der Waals surface area contributed by atoms with Gasteiger partial charge in [-0.25, -0.2) is 4.39 Å². The predicted octanol–water partition coefficient (Wildman–Crippen LogP) is 4.85. The van der Waals surface area contributed by atoms with Crippen molar-refractivity contribution in [3.05, 3.63) is 53.8 Å². The van der Waals surface area contributed by atoms with Crippen LogP contribution < -0.4 is 15.0 Å². The van der Waals surface area contributed by atoms with Gasteiger partial charge in [-0.1, -0.05) is 24.1 Å². The second kappa shape index (κ2) is 10.3. The Morgan fingerprint density at radius 2 is 1.93 bits per heavy atom. The zero-order valence-corrected chi connectivity index (χ0v) is 25.1. The number of piperazine rings is 1. The van der Waals surface area contributed by atoms with Crippen LogP contribution in [0.2, 0.25) is 0 Å². The van der Waals surface area contributed by atoms with E-state index in [-0.39, 0.29) is 22.7 Å². The minimum atomic E-state index is -0.480. The highest BCUT2D eigenvalue weighted by Gasteiger charge is 2.49. The molecule has 230 valence electrons. The van der Waals surface area contributed by atoms with Crippen molar-refractivity contribution in [2.45, 2.75) is 56.3 Å². The summed E-state index contributed by atoms with van der Waals surface area (Å²) in [4.78, 5) is 14.5. The standard InChI is InChI=1S/C36H36FN5O3/c1-2-21-4-3-5-22-12-26(43)14-30(31(21)22)28-8-9-29-33(32(28)37)39-35(40-34(29)41-15-23-6-7-24(16-41)38-23)45-20-36(10-11-36)19-42-17-27-13-25(42)18-44-27/h1,3-5,8-9,12,14,23-25,27,38,43H,6-7,10-11,13,15-20H2/t23?,24?,25-,27-/m1/s1. The molecule has 4 atom stereocenters. The number of likely N-dealkylation sites (tertiary alicyclic amines) is 1. The maximum absolute atomic E-state index is 16.9. The minimum Gasteiger partial charge on any atom is -0.508 e. The third-order valence-electron chi connectivity index (χ3n) is 10.7. The van der Waals surface area contributed by atoms with Gasteiger partial charge in [0.15, 0.2) is 5.82 Å². The highest BCUT2D eigenvalue weighted by atomic mass is 19.1. The normalized spacial score (nSPS) is 26.5. The Kier molecular flexibility index (Phi) is 6.25. The summed E-state index contributed by atoms with van der Waals surface area (Å²) in [6, 6.07) is 13.9. The Bertz CT molecular complexity index is 1870. The van der Waals surface area contributed by atoms with Gasteiger partial charge in [-0.05, 0) is 67.3 Å². The van der Waals surface area contributed by atoms with Gasteiger partial charge in [0, 0.05) is 71.6 Å². The number of benzene rings is 3. The van der Waals surface area contributed by atoms with Gasteiger partial charge in [0.1, 0.15) is 17.1 Å². The first-order valence-corrected chi connectivity index (χ1v) is 16.2. The molecule has 0 spiro atoms. The smallest absolute Gasteiger partial charge is 0.319 e. The van der Waals surface area contributed by atoms with Crippen molar-refractivity contribution < 1.29 is 19.0 Å². The first kappa shape index (κ1) is 27.3. The number of fused-ring (bicyclic) bond motifs is 6. The summed E-state index contributed by atoms with van der Waals surface area (Å²) < 4.78 is 29.1. The quantitative estimate of drug-likeness (QED) is 0.290. The van der Waals surface area contributed by atoms with E-state index in [1.54, 1.807) is 18.2 Å². The summed E-state index contributed by atoms with van der Waals surface area (Å²) in [6.45, 7) is 4.91. The summed E-state index contributed by atoms with van der Waals surface area (Å²) in [5.74, 6) is 3.01. The van der Waals surface area contributed by atoms with Gasteiger partial charge in [0.2, 0.25) is 0 Å². The molecule has 5 heterocycles. The SMILES string of the molecule is C#Cc1cccc2cc(O)cc(-c3ccc4c(N5CC6CCC(C5)N6)nc(OCC5(CN6C[C@H]7C[C@@H]6CO7)CC5)nc4c3F)c12. The van der Waals surface area contributed by atoms with Crippen molar-refractivity contribution in [2.75, 3.05) is 44.3 Å². The molecule has 5 fully saturated rings. The van der Waals surface area contributed by atoms with Gasteiger partial charge >= 0.3 is 6.01 Å². The Labute approximate surface area is 261 Å². The van der Waals surface area contributed by atoms with E-state index in [1.807, 2.05) is 24.3 Å². The molecule has 2 N–H and O–H groups in total. The van der Waals surface area contributed by atoms with Crippen molar-refractivity contribution >= 4 is 27.5 Å². The average molecular weight is 606 g/mol. The van der Waals surface area contributed by atoms with Crippen LogP contribution in [0.3, 0.4) is 0 Å². The lowest BCUT2D eigenvalue weighted by Crippen LogP contribution is -2.51. The molecule has 0 amide bonds. The van der Waals surface area contributed by atoms with Crippen molar-refractivity contribution in [2.24, 2.45) is 5.41 Å². The number of anilines is 1. The number of nitrogens with one attached hydrogen (secondary N) is 1. The van der Waals surface area contributed by atoms with Crippen LogP contribution in [0.15, 0.2) is 42.5 Å². The Hall–Kier alpha value is -3.97. The van der Waals surface area contributed by atoms with Gasteiger partial charge < -0.3 is 24.8 Å². The number of morpholine rings is 1. The number of aromatic hydroxyl groups is 1. The molecular weight excluding hydrogens is 569 g/mol. The first-order chi connectivity index (χ1) is 21.9. The monoisotopic (exact) mass is 605 g/mol. The molecule has 1 saturated carbocycles. The topological polar surface area (TPSA) is 83.0 Å². The molecule has 3 aromatic carbocycles. The molecule has 9 heteroatoms. The largest absolute Gasteiger partial charge is 0.508 e. The van der Waals surface area contributed by atoms with Crippen LogP contribution in [0.4, 0.5) is 10.2 Å². The average Bonchev–Trinajstić information content (AvgIpc) is 3.30. The van der Waals surface area contributed by atoms with Crippen LogP contribution in [-0.2, 0) is 4.74 Å². The van der Waals surface area contributed by atoms with E-state index in [2.05, 4.69) is 21.0 Å². The first-order valence-electron chi connectivity index (χ1n) is 16.2. The second-order valence-electron chi connectivity index (χ2n) is 13.8. The van der Waals surface area contributed by atoms with E-state index >= 15 is 4.39 Å². The number of hydrogen-bond donors (Lipinski definition) is 2. The zero-order valence-electron chi connectivity index (χ0n) is 25.1. The van der Waals surface area contributed by atoms with E-state index in [9.17, 15) is 5.11 Å². The van der Waals surface area contributed by atoms with Crippen LogP contribution in [0.1, 0.15) is 37.7 Å². The molecule has 8 nitrogen and oxygen atoms in total. The number of rotatable bonds is 7. The molecule has 9 rings (SSSR count). The fourth-order valence-electron chi connectivity index (χ4n) is 8.20. The van der Waals surface area contributed by atoms with Crippen LogP contribution in [0.5, 0.6) is 11.8 Å². The summed E-state index contributed by atoms with van der Waals surface area (Å²) in [7, 11) is 0. The van der Waals surface area contributed by atoms with Gasteiger partial charge in [0.25, 0.3) is 0 Å². The maximum atomic E-state index is 16.9. The van der Waals surface area contributed by atoms with Gasteiger partial charge in [0.05, 0.1) is 19.3 Å². The third-order valence-corrected chi connectivity index (χ3v) is 10.7. The number of phenols is 1. The Morgan fingerprint density at radius 1 is 1.09 bits per heavy atom. The summed E-state index contributed by atoms with van der Waals surface area (Å²) in [5.41, 5.74) is 1.78. The number of ether oxygens (including phenoxy) is 2. The van der Waals surface area contributed by atoms with Crippen molar-refractivity contribution in [3.63, 3.8) is 0 Å². The second-order valence-corrected chi connectivity index (χ2v) is 13.8. The van der Waals surface area contributed by atoms with Crippen LogP contribution in [0.25, 0.3) is 32.8 Å². The summed E-state index contributed by atoms with van der Waals surface area (Å²) in [5, 5.41) is 16.4. The molecule has 1 aromatic heterocycles.